The number of hydrogen-bond donors (Lipinski definition) is 2. The lowest BCUT2D eigenvalue weighted by Crippen LogP contribution is -2.17. The summed E-state index contributed by atoms with van der Waals surface area (Å²) in [4.78, 5) is 19.5. The molecule has 0 unspecified atom stereocenters. The number of hydroxylamine groups is 1. The van der Waals surface area contributed by atoms with Crippen molar-refractivity contribution in [2.24, 2.45) is 0 Å². The third kappa shape index (κ3) is 5.60. The average Bonchev–Trinajstić information content (AvgIpc) is 2.62. The Bertz CT molecular complexity index is 588. The fraction of sp³-hybridized carbons (Fsp3) is 0.294. The summed E-state index contributed by atoms with van der Waals surface area (Å²) in [5.41, 5.74) is 2.61. The first-order chi connectivity index (χ1) is 11.3. The Labute approximate surface area is 135 Å². The molecule has 0 aliphatic carbocycles. The number of carbonyl (C=O) groups is 1. The van der Waals surface area contributed by atoms with Gasteiger partial charge in [0.15, 0.2) is 5.69 Å². The lowest BCUT2D eigenvalue weighted by molar-refractivity contribution is -0.129. The molecule has 1 amide bonds. The van der Waals surface area contributed by atoms with Crippen molar-refractivity contribution in [2.75, 3.05) is 0 Å². The molecule has 120 valence electrons. The fourth-order valence-electron chi connectivity index (χ4n) is 2.21. The largest absolute Gasteiger partial charge is 0.327 e. The molecule has 0 aliphatic heterocycles. The van der Waals surface area contributed by atoms with Crippen LogP contribution in [0.4, 0.5) is 11.5 Å². The number of rotatable bonds is 8. The molecule has 0 bridgehead atoms. The Morgan fingerprint density at radius 3 is 2.78 bits per heavy atom. The zero-order chi connectivity index (χ0) is 16.3. The van der Waals surface area contributed by atoms with Crippen molar-refractivity contribution in [2.45, 2.75) is 32.1 Å². The van der Waals surface area contributed by atoms with Crippen LogP contribution in [0.5, 0.6) is 0 Å². The second-order valence-electron chi connectivity index (χ2n) is 5.09. The summed E-state index contributed by atoms with van der Waals surface area (Å²) in [6.07, 6.45) is 11.3. The summed E-state index contributed by atoms with van der Waals surface area (Å²) in [6, 6.07) is 9.68. The molecule has 0 saturated heterocycles. The first kappa shape index (κ1) is 16.8. The second kappa shape index (κ2) is 9.42. The standard InChI is InChI=1S/C17H20N4O2/c22-17(20-23)10-3-1-2-6-13-21(15-8-7-11-18-14-15)16-9-4-5-12-19-16/h4-5,7-9,11-14H,1-3,6,10H2,(H-,20,22,23)/p+1. The summed E-state index contributed by atoms with van der Waals surface area (Å²) in [5, 5.41) is 8.44. The minimum Gasteiger partial charge on any atom is -0.289 e. The Morgan fingerprint density at radius 1 is 1.17 bits per heavy atom. The summed E-state index contributed by atoms with van der Waals surface area (Å²) >= 11 is 0. The molecule has 0 fully saturated rings. The molecule has 2 heterocycles. The fourth-order valence-corrected chi connectivity index (χ4v) is 2.21. The van der Waals surface area contributed by atoms with Crippen LogP contribution < -0.4 is 10.1 Å². The molecule has 2 rings (SSSR count). The first-order valence-electron chi connectivity index (χ1n) is 7.68. The van der Waals surface area contributed by atoms with E-state index in [2.05, 4.69) is 16.2 Å². The molecule has 0 atom stereocenters. The van der Waals surface area contributed by atoms with Crippen molar-refractivity contribution in [3.05, 3.63) is 48.9 Å². The highest BCUT2D eigenvalue weighted by molar-refractivity contribution is 5.74. The first-order valence-corrected chi connectivity index (χ1v) is 7.68. The van der Waals surface area contributed by atoms with Crippen LogP contribution in [0, 0.1) is 0 Å². The zero-order valence-electron chi connectivity index (χ0n) is 12.9. The lowest BCUT2D eigenvalue weighted by atomic mass is 10.1. The van der Waals surface area contributed by atoms with Crippen LogP contribution in [-0.4, -0.2) is 27.3 Å². The van der Waals surface area contributed by atoms with Crippen molar-refractivity contribution in [3.63, 3.8) is 0 Å². The van der Waals surface area contributed by atoms with E-state index in [0.29, 0.717) is 6.42 Å². The highest BCUT2D eigenvalue weighted by atomic mass is 16.5. The number of pyridine rings is 2. The van der Waals surface area contributed by atoms with E-state index in [-0.39, 0.29) is 5.91 Å². The Kier molecular flexibility index (Phi) is 6.87. The molecule has 2 N–H and O–H groups in total. The number of carbonyl (C=O) groups excluding carboxylic acids is 1. The van der Waals surface area contributed by atoms with E-state index < -0.39 is 0 Å². The highest BCUT2D eigenvalue weighted by Crippen LogP contribution is 2.16. The van der Waals surface area contributed by atoms with Crippen LogP contribution in [0.2, 0.25) is 0 Å². The van der Waals surface area contributed by atoms with Gasteiger partial charge in [0.25, 0.3) is 0 Å². The topological polar surface area (TPSA) is 78.1 Å². The molecule has 6 nitrogen and oxygen atoms in total. The van der Waals surface area contributed by atoms with Crippen molar-refractivity contribution >= 4 is 23.6 Å². The van der Waals surface area contributed by atoms with E-state index in [1.807, 2.05) is 34.9 Å². The quantitative estimate of drug-likeness (QED) is 0.258. The van der Waals surface area contributed by atoms with Crippen LogP contribution in [-0.2, 0) is 4.79 Å². The minimum absolute atomic E-state index is 0.334. The third-order valence-corrected chi connectivity index (χ3v) is 3.36. The van der Waals surface area contributed by atoms with Gasteiger partial charge in [0.1, 0.15) is 6.20 Å². The molecule has 0 saturated carbocycles. The Hall–Kier alpha value is -2.60. The van der Waals surface area contributed by atoms with Crippen molar-refractivity contribution in [3.8, 4) is 0 Å². The number of nitrogens with zero attached hydrogens (tertiary/aromatic N) is 3. The average molecular weight is 313 g/mol. The van der Waals surface area contributed by atoms with Crippen LogP contribution in [0.25, 0.3) is 0 Å². The summed E-state index contributed by atoms with van der Waals surface area (Å²) in [5.74, 6) is 0.514. The van der Waals surface area contributed by atoms with Gasteiger partial charge < -0.3 is 0 Å². The third-order valence-electron chi connectivity index (χ3n) is 3.36. The molecule has 23 heavy (non-hydrogen) atoms. The van der Waals surface area contributed by atoms with Gasteiger partial charge in [-0.05, 0) is 36.0 Å². The van der Waals surface area contributed by atoms with Crippen molar-refractivity contribution < 1.29 is 10.0 Å². The van der Waals surface area contributed by atoms with E-state index in [1.165, 1.54) is 0 Å². The molecule has 0 aromatic carbocycles. The van der Waals surface area contributed by atoms with Crippen LogP contribution in [0.3, 0.4) is 0 Å². The molecular formula is C17H21N4O2+. The molecule has 2 aromatic rings. The van der Waals surface area contributed by atoms with Crippen LogP contribution >= 0.6 is 0 Å². The summed E-state index contributed by atoms with van der Waals surface area (Å²) in [6.45, 7) is 0. The predicted octanol–water partition coefficient (Wildman–Crippen LogP) is 2.84. The molecule has 6 heteroatoms. The van der Waals surface area contributed by atoms with E-state index in [9.17, 15) is 4.79 Å². The molecule has 0 radical (unpaired) electrons. The van der Waals surface area contributed by atoms with Gasteiger partial charge >= 0.3 is 5.82 Å². The van der Waals surface area contributed by atoms with Gasteiger partial charge in [-0.1, -0.05) is 12.5 Å². The molecule has 2 aromatic heterocycles. The normalized spacial score (nSPS) is 11.3. The van der Waals surface area contributed by atoms with Gasteiger partial charge in [-0.25, -0.2) is 5.48 Å². The van der Waals surface area contributed by atoms with Crippen molar-refractivity contribution in [1.29, 1.82) is 0 Å². The molecule has 0 aliphatic rings. The second-order valence-corrected chi connectivity index (χ2v) is 5.09. The van der Waals surface area contributed by atoms with E-state index in [0.717, 1.165) is 37.2 Å². The van der Waals surface area contributed by atoms with Gasteiger partial charge in [-0.15, -0.1) is 0 Å². The van der Waals surface area contributed by atoms with Gasteiger partial charge in [0.05, 0.1) is 12.4 Å². The lowest BCUT2D eigenvalue weighted by Gasteiger charge is -2.03. The van der Waals surface area contributed by atoms with Crippen LogP contribution in [0.15, 0.2) is 48.9 Å². The van der Waals surface area contributed by atoms with E-state index in [4.69, 9.17) is 5.21 Å². The maximum atomic E-state index is 10.9. The number of hydrogen-bond acceptors (Lipinski definition) is 4. The van der Waals surface area contributed by atoms with Gasteiger partial charge in [-0.3, -0.25) is 15.0 Å². The van der Waals surface area contributed by atoms with Gasteiger partial charge in [0.2, 0.25) is 5.91 Å². The number of unbranched alkanes of at least 4 members (excludes halogenated alkanes) is 3. The monoisotopic (exact) mass is 313 g/mol. The van der Waals surface area contributed by atoms with Crippen molar-refractivity contribution in [1.82, 2.24) is 20.0 Å². The number of nitrogens with one attached hydrogen (secondary N) is 1. The Morgan fingerprint density at radius 2 is 2.09 bits per heavy atom. The maximum Gasteiger partial charge on any atom is 0.327 e. The summed E-state index contributed by atoms with van der Waals surface area (Å²) < 4.78 is 2.02. The number of aromatic nitrogens is 2. The molecular weight excluding hydrogens is 292 g/mol. The maximum absolute atomic E-state index is 10.9. The summed E-state index contributed by atoms with van der Waals surface area (Å²) in [7, 11) is 0. The highest BCUT2D eigenvalue weighted by Gasteiger charge is 2.11. The number of amides is 1. The Balaban J connectivity index is 1.97. The van der Waals surface area contributed by atoms with Crippen LogP contribution in [0.1, 0.15) is 32.1 Å². The van der Waals surface area contributed by atoms with Gasteiger partial charge in [0, 0.05) is 25.1 Å². The van der Waals surface area contributed by atoms with E-state index >= 15 is 0 Å². The minimum atomic E-state index is -0.334. The SMILES string of the molecule is O=C(CCCCCC=[N+](c1cccnc1)c1ccccn1)NO. The zero-order valence-corrected chi connectivity index (χ0v) is 12.9. The smallest absolute Gasteiger partial charge is 0.289 e. The van der Waals surface area contributed by atoms with E-state index in [1.54, 1.807) is 24.1 Å². The predicted molar refractivity (Wildman–Crippen MR) is 89.0 cm³/mol. The molecule has 0 spiro atoms. The van der Waals surface area contributed by atoms with Gasteiger partial charge in [-0.2, -0.15) is 4.58 Å².